The van der Waals surface area contributed by atoms with Crippen molar-refractivity contribution < 1.29 is 4.79 Å². The zero-order chi connectivity index (χ0) is 14.1. The van der Waals surface area contributed by atoms with Crippen LogP contribution in [0, 0.1) is 3.57 Å². The fourth-order valence-electron chi connectivity index (χ4n) is 2.64. The molecule has 0 aliphatic carbocycles. The molecule has 0 saturated carbocycles. The van der Waals surface area contributed by atoms with E-state index in [2.05, 4.69) is 39.4 Å². The number of nitrogens with zero attached hydrogens (tertiary/aromatic N) is 1. The number of amides is 1. The summed E-state index contributed by atoms with van der Waals surface area (Å²) in [5, 5.41) is 4.82. The molecular formula is C15H13ClINOS. The van der Waals surface area contributed by atoms with Gasteiger partial charge in [-0.3, -0.25) is 4.79 Å². The number of thiophene rings is 1. The van der Waals surface area contributed by atoms with E-state index in [9.17, 15) is 4.79 Å². The lowest BCUT2D eigenvalue weighted by Gasteiger charge is -2.25. The van der Waals surface area contributed by atoms with Gasteiger partial charge in [0.25, 0.3) is 5.91 Å². The lowest BCUT2D eigenvalue weighted by atomic mass is 10.1. The van der Waals surface area contributed by atoms with Crippen LogP contribution >= 0.6 is 45.5 Å². The number of likely N-dealkylation sites (tertiary alicyclic amines) is 1. The summed E-state index contributed by atoms with van der Waals surface area (Å²) in [4.78, 5) is 14.8. The van der Waals surface area contributed by atoms with Crippen molar-refractivity contribution in [2.45, 2.75) is 18.9 Å². The molecule has 2 nitrogen and oxygen atoms in total. The van der Waals surface area contributed by atoms with Gasteiger partial charge in [-0.05, 0) is 76.0 Å². The van der Waals surface area contributed by atoms with Crippen LogP contribution in [0.25, 0.3) is 0 Å². The first-order chi connectivity index (χ1) is 9.66. The van der Waals surface area contributed by atoms with Gasteiger partial charge in [-0.25, -0.2) is 0 Å². The second kappa shape index (κ2) is 6.03. The predicted octanol–water partition coefficient (Wildman–Crippen LogP) is 4.98. The molecule has 0 N–H and O–H groups in total. The van der Waals surface area contributed by atoms with Crippen LogP contribution in [-0.2, 0) is 0 Å². The zero-order valence-electron chi connectivity index (χ0n) is 10.7. The molecule has 1 aliphatic heterocycles. The molecule has 20 heavy (non-hydrogen) atoms. The van der Waals surface area contributed by atoms with Crippen LogP contribution in [-0.4, -0.2) is 17.4 Å². The van der Waals surface area contributed by atoms with Crippen molar-refractivity contribution in [3.05, 3.63) is 54.7 Å². The molecule has 1 amide bonds. The maximum absolute atomic E-state index is 12.8. The third-order valence-electron chi connectivity index (χ3n) is 3.60. The van der Waals surface area contributed by atoms with Crippen LogP contribution in [0.2, 0.25) is 5.02 Å². The van der Waals surface area contributed by atoms with Crippen LogP contribution in [0.1, 0.15) is 34.8 Å². The van der Waals surface area contributed by atoms with Crippen molar-refractivity contribution in [3.8, 4) is 0 Å². The smallest absolute Gasteiger partial charge is 0.255 e. The molecular weight excluding hydrogens is 405 g/mol. The predicted molar refractivity (Wildman–Crippen MR) is 91.5 cm³/mol. The van der Waals surface area contributed by atoms with Gasteiger partial charge >= 0.3 is 0 Å². The molecule has 5 heteroatoms. The van der Waals surface area contributed by atoms with Gasteiger partial charge in [0.15, 0.2) is 0 Å². The van der Waals surface area contributed by atoms with Gasteiger partial charge in [0.1, 0.15) is 0 Å². The standard InChI is InChI=1S/C15H13ClINOS/c16-11-3-4-13(17)12(8-11)15(19)18-6-1-2-14(18)10-5-7-20-9-10/h3-5,7-9,14H,1-2,6H2. The lowest BCUT2D eigenvalue weighted by Crippen LogP contribution is -2.30. The van der Waals surface area contributed by atoms with E-state index in [0.717, 1.165) is 23.0 Å². The van der Waals surface area contributed by atoms with Crippen molar-refractivity contribution in [2.75, 3.05) is 6.54 Å². The minimum Gasteiger partial charge on any atom is -0.332 e. The van der Waals surface area contributed by atoms with E-state index >= 15 is 0 Å². The number of hydrogen-bond acceptors (Lipinski definition) is 2. The maximum Gasteiger partial charge on any atom is 0.255 e. The Hall–Kier alpha value is -0.590. The van der Waals surface area contributed by atoms with Crippen molar-refractivity contribution in [3.63, 3.8) is 0 Å². The summed E-state index contributed by atoms with van der Waals surface area (Å²) in [5.41, 5.74) is 1.96. The van der Waals surface area contributed by atoms with Crippen molar-refractivity contribution in [1.29, 1.82) is 0 Å². The topological polar surface area (TPSA) is 20.3 Å². The second-order valence-corrected chi connectivity index (χ2v) is 7.22. The molecule has 1 saturated heterocycles. The van der Waals surface area contributed by atoms with Gasteiger partial charge in [0, 0.05) is 15.1 Å². The molecule has 2 heterocycles. The molecule has 1 unspecified atom stereocenters. The van der Waals surface area contributed by atoms with E-state index in [0.29, 0.717) is 10.6 Å². The van der Waals surface area contributed by atoms with E-state index in [1.54, 1.807) is 17.4 Å². The number of rotatable bonds is 2. The van der Waals surface area contributed by atoms with E-state index < -0.39 is 0 Å². The van der Waals surface area contributed by atoms with Crippen LogP contribution < -0.4 is 0 Å². The summed E-state index contributed by atoms with van der Waals surface area (Å²) in [5.74, 6) is 0.0885. The van der Waals surface area contributed by atoms with Crippen molar-refractivity contribution in [1.82, 2.24) is 4.90 Å². The van der Waals surface area contributed by atoms with Gasteiger partial charge in [-0.1, -0.05) is 11.6 Å². The fraction of sp³-hybridized carbons (Fsp3) is 0.267. The number of carbonyl (C=O) groups excluding carboxylic acids is 1. The SMILES string of the molecule is O=C(c1cc(Cl)ccc1I)N1CCCC1c1ccsc1. The second-order valence-electron chi connectivity index (χ2n) is 4.84. The van der Waals surface area contributed by atoms with Crippen LogP contribution in [0.15, 0.2) is 35.0 Å². The zero-order valence-corrected chi connectivity index (χ0v) is 14.4. The largest absolute Gasteiger partial charge is 0.332 e. The van der Waals surface area contributed by atoms with Crippen molar-refractivity contribution in [2.24, 2.45) is 0 Å². The van der Waals surface area contributed by atoms with Gasteiger partial charge in [-0.2, -0.15) is 11.3 Å². The average molecular weight is 418 g/mol. The Morgan fingerprint density at radius 1 is 1.40 bits per heavy atom. The molecule has 0 bridgehead atoms. The minimum absolute atomic E-state index is 0.0885. The highest BCUT2D eigenvalue weighted by Crippen LogP contribution is 2.35. The molecule has 0 radical (unpaired) electrons. The molecule has 1 aromatic carbocycles. The number of benzene rings is 1. The van der Waals surface area contributed by atoms with Gasteiger partial charge in [0.05, 0.1) is 11.6 Å². The highest BCUT2D eigenvalue weighted by molar-refractivity contribution is 14.1. The Morgan fingerprint density at radius 2 is 2.25 bits per heavy atom. The highest BCUT2D eigenvalue weighted by Gasteiger charge is 2.31. The first-order valence-electron chi connectivity index (χ1n) is 6.45. The fourth-order valence-corrected chi connectivity index (χ4v) is 4.08. The van der Waals surface area contributed by atoms with Crippen LogP contribution in [0.5, 0.6) is 0 Å². The Bertz CT molecular complexity index is 629. The van der Waals surface area contributed by atoms with Crippen molar-refractivity contribution >= 4 is 51.4 Å². The van der Waals surface area contributed by atoms with E-state index in [1.807, 2.05) is 17.0 Å². The summed E-state index contributed by atoms with van der Waals surface area (Å²) < 4.78 is 0.952. The summed E-state index contributed by atoms with van der Waals surface area (Å²) in [6.07, 6.45) is 2.10. The maximum atomic E-state index is 12.8. The summed E-state index contributed by atoms with van der Waals surface area (Å²) in [6, 6.07) is 7.81. The molecule has 104 valence electrons. The molecule has 2 aromatic rings. The summed E-state index contributed by atoms with van der Waals surface area (Å²) in [6.45, 7) is 0.821. The number of hydrogen-bond donors (Lipinski definition) is 0. The minimum atomic E-state index is 0.0885. The summed E-state index contributed by atoms with van der Waals surface area (Å²) in [7, 11) is 0. The first-order valence-corrected chi connectivity index (χ1v) is 8.85. The molecule has 1 fully saturated rings. The molecule has 1 aromatic heterocycles. The monoisotopic (exact) mass is 417 g/mol. The quantitative estimate of drug-likeness (QED) is 0.631. The van der Waals surface area contributed by atoms with Crippen LogP contribution in [0.4, 0.5) is 0 Å². The highest BCUT2D eigenvalue weighted by atomic mass is 127. The average Bonchev–Trinajstić information content (AvgIpc) is 3.10. The van der Waals surface area contributed by atoms with Gasteiger partial charge < -0.3 is 4.90 Å². The lowest BCUT2D eigenvalue weighted by molar-refractivity contribution is 0.0735. The number of carbonyl (C=O) groups is 1. The third kappa shape index (κ3) is 2.73. The Balaban J connectivity index is 1.91. The number of halogens is 2. The first kappa shape index (κ1) is 14.4. The van der Waals surface area contributed by atoms with E-state index in [-0.39, 0.29) is 11.9 Å². The third-order valence-corrected chi connectivity index (χ3v) is 5.48. The normalized spacial score (nSPS) is 18.5. The molecule has 1 aliphatic rings. The van der Waals surface area contributed by atoms with Gasteiger partial charge in [-0.15, -0.1) is 0 Å². The van der Waals surface area contributed by atoms with Gasteiger partial charge in [0.2, 0.25) is 0 Å². The Labute approximate surface area is 140 Å². The van der Waals surface area contributed by atoms with E-state index in [4.69, 9.17) is 11.6 Å². The molecule has 3 rings (SSSR count). The van der Waals surface area contributed by atoms with Crippen LogP contribution in [0.3, 0.4) is 0 Å². The molecule has 0 spiro atoms. The summed E-state index contributed by atoms with van der Waals surface area (Å²) >= 11 is 9.91. The Kier molecular flexibility index (Phi) is 4.33. The van der Waals surface area contributed by atoms with E-state index in [1.165, 1.54) is 5.56 Å². The molecule has 1 atom stereocenters. The Morgan fingerprint density at radius 3 is 3.00 bits per heavy atom.